The fourth-order valence-electron chi connectivity index (χ4n) is 1.94. The smallest absolute Gasteiger partial charge is 0.0893 e. The van der Waals surface area contributed by atoms with Gasteiger partial charge in [0.1, 0.15) is 0 Å². The minimum atomic E-state index is 0.134. The van der Waals surface area contributed by atoms with E-state index in [0.29, 0.717) is 6.54 Å². The summed E-state index contributed by atoms with van der Waals surface area (Å²) in [6.07, 6.45) is 3.89. The van der Waals surface area contributed by atoms with Gasteiger partial charge in [-0.05, 0) is 30.5 Å². The van der Waals surface area contributed by atoms with Gasteiger partial charge in [0, 0.05) is 12.7 Å². The molecule has 2 rings (SSSR count). The number of benzene rings is 1. The molecule has 0 radical (unpaired) electrons. The van der Waals surface area contributed by atoms with Crippen molar-refractivity contribution < 1.29 is 0 Å². The zero-order valence-corrected chi connectivity index (χ0v) is 9.72. The third-order valence-corrected chi connectivity index (χ3v) is 2.82. The van der Waals surface area contributed by atoms with E-state index < -0.39 is 0 Å². The zero-order chi connectivity index (χ0) is 11.5. The Balaban J connectivity index is 2.40. The second-order valence-electron chi connectivity index (χ2n) is 4.11. The molecule has 1 atom stereocenters. The Labute approximate surface area is 95.9 Å². The van der Waals surface area contributed by atoms with Crippen molar-refractivity contribution in [3.05, 3.63) is 53.3 Å². The summed E-state index contributed by atoms with van der Waals surface area (Å²) in [5.74, 6) is 0. The van der Waals surface area contributed by atoms with Crippen LogP contribution in [0.1, 0.15) is 22.7 Å². The Morgan fingerprint density at radius 2 is 2.06 bits per heavy atom. The van der Waals surface area contributed by atoms with Crippen LogP contribution in [0.25, 0.3) is 0 Å². The predicted octanol–water partition coefficient (Wildman–Crippen LogP) is 2.05. The first-order valence-corrected chi connectivity index (χ1v) is 5.48. The van der Waals surface area contributed by atoms with Gasteiger partial charge >= 0.3 is 0 Å². The second kappa shape index (κ2) is 4.49. The summed E-state index contributed by atoms with van der Waals surface area (Å²) in [6.45, 7) is 4.70. The summed E-state index contributed by atoms with van der Waals surface area (Å²) in [5.41, 5.74) is 9.51. The minimum absolute atomic E-state index is 0.134. The number of hydrogen-bond acceptors (Lipinski definition) is 2. The highest BCUT2D eigenvalue weighted by Crippen LogP contribution is 2.20. The molecule has 3 heteroatoms. The summed E-state index contributed by atoms with van der Waals surface area (Å²) in [5, 5.41) is 4.34. The van der Waals surface area contributed by atoms with Gasteiger partial charge in [0.15, 0.2) is 0 Å². The first-order valence-electron chi connectivity index (χ1n) is 5.48. The van der Waals surface area contributed by atoms with E-state index in [9.17, 15) is 0 Å². The van der Waals surface area contributed by atoms with Gasteiger partial charge in [0.05, 0.1) is 12.2 Å². The number of aromatic nitrogens is 2. The lowest BCUT2D eigenvalue weighted by Gasteiger charge is -2.18. The van der Waals surface area contributed by atoms with Gasteiger partial charge in [-0.2, -0.15) is 5.10 Å². The molecule has 0 aliphatic rings. The molecular weight excluding hydrogens is 198 g/mol. The fourth-order valence-corrected chi connectivity index (χ4v) is 1.94. The van der Waals surface area contributed by atoms with Crippen molar-refractivity contribution in [2.24, 2.45) is 5.73 Å². The average Bonchev–Trinajstić information content (AvgIpc) is 2.69. The quantitative estimate of drug-likeness (QED) is 0.851. The SMILES string of the molecule is Cc1cnn(C(CN)c2ccccc2C)c1. The molecule has 1 aromatic carbocycles. The lowest BCUT2D eigenvalue weighted by atomic mass is 10.0. The maximum Gasteiger partial charge on any atom is 0.0893 e. The van der Waals surface area contributed by atoms with E-state index in [1.165, 1.54) is 11.1 Å². The summed E-state index contributed by atoms with van der Waals surface area (Å²) < 4.78 is 1.94. The molecule has 84 valence electrons. The summed E-state index contributed by atoms with van der Waals surface area (Å²) in [4.78, 5) is 0. The first kappa shape index (κ1) is 10.9. The van der Waals surface area contributed by atoms with Crippen LogP contribution in [-0.2, 0) is 0 Å². The average molecular weight is 215 g/mol. The van der Waals surface area contributed by atoms with Crippen molar-refractivity contribution in [1.29, 1.82) is 0 Å². The Bertz CT molecular complexity index is 474. The summed E-state index contributed by atoms with van der Waals surface area (Å²) in [6, 6.07) is 8.44. The van der Waals surface area contributed by atoms with Gasteiger partial charge in [0.2, 0.25) is 0 Å². The molecule has 0 saturated heterocycles. The molecule has 0 fully saturated rings. The highest BCUT2D eigenvalue weighted by Gasteiger charge is 2.14. The van der Waals surface area contributed by atoms with Crippen molar-refractivity contribution in [3.63, 3.8) is 0 Å². The van der Waals surface area contributed by atoms with E-state index in [0.717, 1.165) is 5.56 Å². The number of nitrogens with zero attached hydrogens (tertiary/aromatic N) is 2. The van der Waals surface area contributed by atoms with E-state index in [2.05, 4.69) is 24.2 Å². The summed E-state index contributed by atoms with van der Waals surface area (Å²) >= 11 is 0. The van der Waals surface area contributed by atoms with Crippen molar-refractivity contribution in [2.45, 2.75) is 19.9 Å². The number of rotatable bonds is 3. The zero-order valence-electron chi connectivity index (χ0n) is 9.72. The van der Waals surface area contributed by atoms with E-state index in [-0.39, 0.29) is 6.04 Å². The molecule has 0 aliphatic heterocycles. The number of nitrogens with two attached hydrogens (primary N) is 1. The molecule has 0 saturated carbocycles. The standard InChI is InChI=1S/C13H17N3/c1-10-8-15-16(9-10)13(7-14)12-6-4-3-5-11(12)2/h3-6,8-9,13H,7,14H2,1-2H3. The highest BCUT2D eigenvalue weighted by atomic mass is 15.3. The van der Waals surface area contributed by atoms with Gasteiger partial charge < -0.3 is 5.73 Å². The third kappa shape index (κ3) is 1.99. The molecule has 0 bridgehead atoms. The summed E-state index contributed by atoms with van der Waals surface area (Å²) in [7, 11) is 0. The molecule has 2 aromatic rings. The van der Waals surface area contributed by atoms with E-state index >= 15 is 0 Å². The van der Waals surface area contributed by atoms with Crippen molar-refractivity contribution in [2.75, 3.05) is 6.54 Å². The maximum atomic E-state index is 5.85. The molecule has 3 nitrogen and oxygen atoms in total. The monoisotopic (exact) mass is 215 g/mol. The van der Waals surface area contributed by atoms with Crippen LogP contribution in [-0.4, -0.2) is 16.3 Å². The van der Waals surface area contributed by atoms with E-state index in [1.54, 1.807) is 0 Å². The minimum Gasteiger partial charge on any atom is -0.328 e. The van der Waals surface area contributed by atoms with Crippen LogP contribution in [0.15, 0.2) is 36.7 Å². The molecule has 1 unspecified atom stereocenters. The van der Waals surface area contributed by atoms with Crippen molar-refractivity contribution in [1.82, 2.24) is 9.78 Å². The van der Waals surface area contributed by atoms with Crippen LogP contribution in [0.4, 0.5) is 0 Å². The Kier molecular flexibility index (Phi) is 3.06. The van der Waals surface area contributed by atoms with Crippen LogP contribution < -0.4 is 5.73 Å². The fraction of sp³-hybridized carbons (Fsp3) is 0.308. The van der Waals surface area contributed by atoms with E-state index in [4.69, 9.17) is 5.73 Å². The topological polar surface area (TPSA) is 43.8 Å². The number of aryl methyl sites for hydroxylation is 2. The van der Waals surface area contributed by atoms with Gasteiger partial charge in [0.25, 0.3) is 0 Å². The van der Waals surface area contributed by atoms with Gasteiger partial charge in [-0.15, -0.1) is 0 Å². The normalized spacial score (nSPS) is 12.7. The molecule has 1 aromatic heterocycles. The van der Waals surface area contributed by atoms with Crippen molar-refractivity contribution >= 4 is 0 Å². The molecule has 2 N–H and O–H groups in total. The lowest BCUT2D eigenvalue weighted by molar-refractivity contribution is 0.529. The van der Waals surface area contributed by atoms with Crippen molar-refractivity contribution in [3.8, 4) is 0 Å². The molecule has 1 heterocycles. The van der Waals surface area contributed by atoms with Gasteiger partial charge in [-0.25, -0.2) is 0 Å². The highest BCUT2D eigenvalue weighted by molar-refractivity contribution is 5.29. The molecule has 0 amide bonds. The first-order chi connectivity index (χ1) is 7.72. The molecule has 0 spiro atoms. The predicted molar refractivity (Wildman–Crippen MR) is 65.3 cm³/mol. The molecule has 16 heavy (non-hydrogen) atoms. The van der Waals surface area contributed by atoms with Gasteiger partial charge in [-0.1, -0.05) is 24.3 Å². The molecule has 0 aliphatic carbocycles. The van der Waals surface area contributed by atoms with Crippen LogP contribution in [0.3, 0.4) is 0 Å². The van der Waals surface area contributed by atoms with Crippen LogP contribution in [0, 0.1) is 13.8 Å². The van der Waals surface area contributed by atoms with Crippen LogP contribution in [0.5, 0.6) is 0 Å². The third-order valence-electron chi connectivity index (χ3n) is 2.82. The second-order valence-corrected chi connectivity index (χ2v) is 4.11. The van der Waals surface area contributed by atoms with Crippen LogP contribution >= 0.6 is 0 Å². The maximum absolute atomic E-state index is 5.85. The Morgan fingerprint density at radius 3 is 2.62 bits per heavy atom. The van der Waals surface area contributed by atoms with Crippen LogP contribution in [0.2, 0.25) is 0 Å². The van der Waals surface area contributed by atoms with E-state index in [1.807, 2.05) is 36.1 Å². The molecular formula is C13H17N3. The number of hydrogen-bond donors (Lipinski definition) is 1. The lowest BCUT2D eigenvalue weighted by Crippen LogP contribution is -2.21. The Morgan fingerprint density at radius 1 is 1.31 bits per heavy atom. The Hall–Kier alpha value is -1.61. The van der Waals surface area contributed by atoms with Gasteiger partial charge in [-0.3, -0.25) is 4.68 Å². The largest absolute Gasteiger partial charge is 0.328 e.